The normalized spacial score (nSPS) is 13.1. The summed E-state index contributed by atoms with van der Waals surface area (Å²) in [5.74, 6) is 0. The fourth-order valence-corrected chi connectivity index (χ4v) is 2.60. The number of aromatic nitrogens is 1. The highest BCUT2D eigenvalue weighted by atomic mass is 35.5. The number of anilines is 1. The van der Waals surface area contributed by atoms with Crippen molar-refractivity contribution in [3.05, 3.63) is 47.6 Å². The Morgan fingerprint density at radius 1 is 1.27 bits per heavy atom. The zero-order valence-electron chi connectivity index (χ0n) is 13.5. The van der Waals surface area contributed by atoms with Crippen LogP contribution in [0.3, 0.4) is 0 Å². The van der Waals surface area contributed by atoms with Crippen molar-refractivity contribution < 1.29 is 0 Å². The Morgan fingerprint density at radius 3 is 2.77 bits per heavy atom. The Bertz CT molecular complexity index is 635. The van der Waals surface area contributed by atoms with Crippen LogP contribution in [0.2, 0.25) is 5.02 Å². The van der Waals surface area contributed by atoms with Gasteiger partial charge in [0.15, 0.2) is 0 Å². The molecule has 0 amide bonds. The smallest absolute Gasteiger partial charge is 0.0737 e. The molecule has 22 heavy (non-hydrogen) atoms. The summed E-state index contributed by atoms with van der Waals surface area (Å²) in [6.07, 6.45) is 6.25. The molecule has 0 unspecified atom stereocenters. The number of nitrogens with one attached hydrogen (secondary N) is 1. The van der Waals surface area contributed by atoms with Gasteiger partial charge in [0.25, 0.3) is 0 Å². The van der Waals surface area contributed by atoms with Crippen molar-refractivity contribution in [2.24, 2.45) is 0 Å². The van der Waals surface area contributed by atoms with Gasteiger partial charge in [-0.1, -0.05) is 37.6 Å². The average molecular weight is 318 g/mol. The number of pyridine rings is 1. The van der Waals surface area contributed by atoms with E-state index in [1.807, 2.05) is 30.5 Å². The molecular formula is C18H24ClN3. The van der Waals surface area contributed by atoms with Crippen LogP contribution >= 0.6 is 11.6 Å². The Hall–Kier alpha value is -1.58. The first-order valence-electron chi connectivity index (χ1n) is 7.83. The topological polar surface area (TPSA) is 28.2 Å². The predicted molar refractivity (Wildman–Crippen MR) is 96.8 cm³/mol. The summed E-state index contributed by atoms with van der Waals surface area (Å²) >= 11 is 6.03. The summed E-state index contributed by atoms with van der Waals surface area (Å²) in [6, 6.07) is 8.07. The standard InChI is InChI=1S/C18H24ClN3/c1-4-22(5-2)12-6-7-14(3)21-17-10-11-20-18-13-15(19)8-9-16(17)18/h6-11,13-14H,4-5,12H2,1-3H3,(H,20,21)/b7-6+/t14-/m0/s1. The zero-order chi connectivity index (χ0) is 15.9. The molecule has 0 bridgehead atoms. The van der Waals surface area contributed by atoms with Gasteiger partial charge in [0.05, 0.1) is 5.52 Å². The van der Waals surface area contributed by atoms with Crippen LogP contribution in [0, 0.1) is 0 Å². The number of rotatable bonds is 7. The first-order chi connectivity index (χ1) is 10.6. The second-order valence-corrected chi connectivity index (χ2v) is 5.80. The van der Waals surface area contributed by atoms with Crippen LogP contribution in [0.25, 0.3) is 10.9 Å². The van der Waals surface area contributed by atoms with Crippen LogP contribution in [0.15, 0.2) is 42.6 Å². The molecule has 0 aliphatic carbocycles. The number of hydrogen-bond acceptors (Lipinski definition) is 3. The highest BCUT2D eigenvalue weighted by Crippen LogP contribution is 2.24. The van der Waals surface area contributed by atoms with Crippen molar-refractivity contribution in [3.8, 4) is 0 Å². The van der Waals surface area contributed by atoms with Gasteiger partial charge in [0.2, 0.25) is 0 Å². The third-order valence-electron chi connectivity index (χ3n) is 3.77. The number of hydrogen-bond donors (Lipinski definition) is 1. The van der Waals surface area contributed by atoms with Gasteiger partial charge in [-0.2, -0.15) is 0 Å². The molecule has 2 rings (SSSR count). The van der Waals surface area contributed by atoms with Crippen LogP contribution in [0.4, 0.5) is 5.69 Å². The molecule has 118 valence electrons. The van der Waals surface area contributed by atoms with E-state index in [2.05, 4.69) is 48.1 Å². The number of nitrogens with zero attached hydrogens (tertiary/aromatic N) is 2. The fourth-order valence-electron chi connectivity index (χ4n) is 2.44. The molecule has 0 fully saturated rings. The maximum Gasteiger partial charge on any atom is 0.0737 e. The number of fused-ring (bicyclic) bond motifs is 1. The lowest BCUT2D eigenvalue weighted by molar-refractivity contribution is 0.337. The highest BCUT2D eigenvalue weighted by molar-refractivity contribution is 6.31. The minimum Gasteiger partial charge on any atom is -0.379 e. The summed E-state index contributed by atoms with van der Waals surface area (Å²) in [7, 11) is 0. The van der Waals surface area contributed by atoms with Crippen LogP contribution in [-0.4, -0.2) is 35.6 Å². The van der Waals surface area contributed by atoms with Crippen molar-refractivity contribution in [1.29, 1.82) is 0 Å². The monoisotopic (exact) mass is 317 g/mol. The molecule has 0 aliphatic rings. The molecule has 1 heterocycles. The van der Waals surface area contributed by atoms with Crippen molar-refractivity contribution in [2.45, 2.75) is 26.8 Å². The summed E-state index contributed by atoms with van der Waals surface area (Å²) in [4.78, 5) is 6.75. The summed E-state index contributed by atoms with van der Waals surface area (Å²) < 4.78 is 0. The summed E-state index contributed by atoms with van der Waals surface area (Å²) in [5, 5.41) is 5.33. The van der Waals surface area contributed by atoms with E-state index >= 15 is 0 Å². The molecule has 0 saturated heterocycles. The van der Waals surface area contributed by atoms with Crippen LogP contribution < -0.4 is 5.32 Å². The Morgan fingerprint density at radius 2 is 2.05 bits per heavy atom. The quantitative estimate of drug-likeness (QED) is 0.757. The SMILES string of the molecule is CCN(CC)C/C=C/[C@H](C)Nc1ccnc2cc(Cl)ccc12. The Labute approximate surface area is 138 Å². The van der Waals surface area contributed by atoms with Crippen molar-refractivity contribution in [3.63, 3.8) is 0 Å². The second kappa shape index (κ2) is 8.16. The van der Waals surface area contributed by atoms with Gasteiger partial charge < -0.3 is 10.2 Å². The first kappa shape index (κ1) is 16.8. The minimum atomic E-state index is 0.261. The fraction of sp³-hybridized carbons (Fsp3) is 0.389. The van der Waals surface area contributed by atoms with Crippen LogP contribution in [0.5, 0.6) is 0 Å². The molecule has 2 aromatic rings. The molecule has 4 heteroatoms. The van der Waals surface area contributed by atoms with Crippen LogP contribution in [0.1, 0.15) is 20.8 Å². The van der Waals surface area contributed by atoms with E-state index in [0.29, 0.717) is 5.02 Å². The van der Waals surface area contributed by atoms with Crippen molar-refractivity contribution >= 4 is 28.2 Å². The zero-order valence-corrected chi connectivity index (χ0v) is 14.3. The summed E-state index contributed by atoms with van der Waals surface area (Å²) in [5.41, 5.74) is 2.00. The molecule has 1 aromatic heterocycles. The lowest BCUT2D eigenvalue weighted by atomic mass is 10.1. The van der Waals surface area contributed by atoms with E-state index in [4.69, 9.17) is 11.6 Å². The average Bonchev–Trinajstić information content (AvgIpc) is 2.51. The maximum absolute atomic E-state index is 6.03. The van der Waals surface area contributed by atoms with Crippen molar-refractivity contribution in [1.82, 2.24) is 9.88 Å². The third kappa shape index (κ3) is 4.46. The van der Waals surface area contributed by atoms with E-state index in [-0.39, 0.29) is 6.04 Å². The van der Waals surface area contributed by atoms with Crippen molar-refractivity contribution in [2.75, 3.05) is 25.0 Å². The largest absolute Gasteiger partial charge is 0.379 e. The second-order valence-electron chi connectivity index (χ2n) is 5.37. The highest BCUT2D eigenvalue weighted by Gasteiger charge is 2.04. The van der Waals surface area contributed by atoms with E-state index in [1.54, 1.807) is 0 Å². The minimum absolute atomic E-state index is 0.261. The van der Waals surface area contributed by atoms with E-state index < -0.39 is 0 Å². The molecule has 0 spiro atoms. The molecule has 3 nitrogen and oxygen atoms in total. The maximum atomic E-state index is 6.03. The lowest BCUT2D eigenvalue weighted by Crippen LogP contribution is -2.23. The van der Waals surface area contributed by atoms with Gasteiger partial charge in [0.1, 0.15) is 0 Å². The first-order valence-corrected chi connectivity index (χ1v) is 8.21. The Kier molecular flexibility index (Phi) is 6.22. The van der Waals surface area contributed by atoms with Gasteiger partial charge in [-0.05, 0) is 44.3 Å². The predicted octanol–water partition coefficient (Wildman–Crippen LogP) is 4.59. The molecular weight excluding hydrogens is 294 g/mol. The molecule has 1 aromatic carbocycles. The van der Waals surface area contributed by atoms with Gasteiger partial charge >= 0.3 is 0 Å². The molecule has 0 radical (unpaired) electrons. The van der Waals surface area contributed by atoms with E-state index in [9.17, 15) is 0 Å². The van der Waals surface area contributed by atoms with E-state index in [1.165, 1.54) is 0 Å². The molecule has 0 aliphatic heterocycles. The molecule has 1 N–H and O–H groups in total. The molecule has 0 saturated carbocycles. The van der Waals surface area contributed by atoms with Gasteiger partial charge in [-0.25, -0.2) is 0 Å². The lowest BCUT2D eigenvalue weighted by Gasteiger charge is -2.16. The number of halogens is 1. The third-order valence-corrected chi connectivity index (χ3v) is 4.01. The molecule has 1 atom stereocenters. The Balaban J connectivity index is 2.05. The van der Waals surface area contributed by atoms with Gasteiger partial charge in [0, 0.05) is 34.9 Å². The van der Waals surface area contributed by atoms with Gasteiger partial charge in [-0.15, -0.1) is 0 Å². The van der Waals surface area contributed by atoms with Crippen LogP contribution in [-0.2, 0) is 0 Å². The van der Waals surface area contributed by atoms with Gasteiger partial charge in [-0.3, -0.25) is 4.98 Å². The van der Waals surface area contributed by atoms with E-state index in [0.717, 1.165) is 36.2 Å². The summed E-state index contributed by atoms with van der Waals surface area (Å²) in [6.45, 7) is 9.68. The number of likely N-dealkylation sites (N-methyl/N-ethyl adjacent to an activating group) is 1. The number of benzene rings is 1.